The first-order chi connectivity index (χ1) is 22.7. The van der Waals surface area contributed by atoms with E-state index in [2.05, 4.69) is 55.4 Å². The highest BCUT2D eigenvalue weighted by Crippen LogP contribution is 2.51. The normalized spacial score (nSPS) is 17.2. The Balaban J connectivity index is 5.08. The van der Waals surface area contributed by atoms with Gasteiger partial charge in [-0.1, -0.05) is 132 Å². The van der Waals surface area contributed by atoms with Crippen LogP contribution in [0.1, 0.15) is 158 Å². The van der Waals surface area contributed by atoms with Gasteiger partial charge in [-0.05, 0) is 49.4 Å². The van der Waals surface area contributed by atoms with Crippen molar-refractivity contribution >= 4 is 15.6 Å². The minimum absolute atomic E-state index is 0.0463. The van der Waals surface area contributed by atoms with Crippen LogP contribution in [0, 0.1) is 23.7 Å². The van der Waals surface area contributed by atoms with Gasteiger partial charge < -0.3 is 4.74 Å². The zero-order chi connectivity index (χ0) is 35.2. The Bertz CT molecular complexity index is 676. The molecule has 0 saturated heterocycles. The van der Waals surface area contributed by atoms with E-state index in [1.54, 1.807) is 0 Å². The minimum Gasteiger partial charge on any atom is -0.377 e. The molecule has 47 heavy (non-hydrogen) atoms. The van der Waals surface area contributed by atoms with Crippen molar-refractivity contribution < 1.29 is 41.0 Å². The molecular weight excluding hydrogens is 638 g/mol. The molecule has 0 saturated carbocycles. The topological polar surface area (TPSA) is 98.8 Å². The zero-order valence-corrected chi connectivity index (χ0v) is 33.6. The Morgan fingerprint density at radius 3 is 0.851 bits per heavy atom. The summed E-state index contributed by atoms with van der Waals surface area (Å²) in [4.78, 5) is 0. The number of phosphoric acid groups is 2. The molecule has 0 N–H and O–H groups in total. The molecule has 0 aromatic rings. The van der Waals surface area contributed by atoms with Crippen molar-refractivity contribution in [3.05, 3.63) is 0 Å². The monoisotopic (exact) mass is 714 g/mol. The summed E-state index contributed by atoms with van der Waals surface area (Å²) in [5, 5.41) is 0. The van der Waals surface area contributed by atoms with Crippen LogP contribution in [0.3, 0.4) is 0 Å². The molecule has 0 aliphatic rings. The summed E-state index contributed by atoms with van der Waals surface area (Å²) < 4.78 is 67.9. The Hall–Kier alpha value is 0.180. The molecule has 0 bridgehead atoms. The molecule has 0 aromatic carbocycles. The first kappa shape index (κ1) is 47.2. The van der Waals surface area contributed by atoms with Crippen molar-refractivity contribution in [3.8, 4) is 0 Å². The average Bonchev–Trinajstić information content (AvgIpc) is 3.08. The van der Waals surface area contributed by atoms with E-state index in [9.17, 15) is 9.13 Å². The summed E-state index contributed by atoms with van der Waals surface area (Å²) in [6.45, 7) is 19.0. The summed E-state index contributed by atoms with van der Waals surface area (Å²) in [6.07, 6.45) is 16.8. The molecule has 11 heteroatoms. The van der Waals surface area contributed by atoms with Crippen molar-refractivity contribution in [1.29, 1.82) is 0 Å². The van der Waals surface area contributed by atoms with Crippen LogP contribution in [-0.4, -0.2) is 52.9 Å². The number of hydrogen-bond donors (Lipinski definition) is 0. The fraction of sp³-hybridized carbons (Fsp3) is 1.00. The summed E-state index contributed by atoms with van der Waals surface area (Å²) in [7, 11) is -7.51. The lowest BCUT2D eigenvalue weighted by Gasteiger charge is -2.24. The number of hydrogen-bond acceptors (Lipinski definition) is 9. The lowest BCUT2D eigenvalue weighted by Crippen LogP contribution is -2.16. The molecule has 4 unspecified atom stereocenters. The van der Waals surface area contributed by atoms with Crippen LogP contribution in [0.15, 0.2) is 0 Å². The Morgan fingerprint density at radius 2 is 0.638 bits per heavy atom. The number of unbranched alkanes of at least 4 members (excludes halogenated alkanes) is 4. The summed E-state index contributed by atoms with van der Waals surface area (Å²) in [6, 6.07) is 0. The highest BCUT2D eigenvalue weighted by Gasteiger charge is 2.31. The van der Waals surface area contributed by atoms with Gasteiger partial charge in [0.15, 0.2) is 0 Å². The van der Waals surface area contributed by atoms with E-state index in [1.165, 1.54) is 0 Å². The maximum atomic E-state index is 13.6. The summed E-state index contributed by atoms with van der Waals surface area (Å²) in [5.41, 5.74) is 0. The standard InChI is InChI=1S/C36H76O9P2/c1-9-17-21-33(13-5)29-42-46(37,43-30-34(14-6)22-18-10-2)40-27-25-39-26-28-41-47(38,44-31-35(15-7)23-19-11-3)45-32-36(16-8)24-20-12-4/h33-36H,9-32H2,1-8H3. The second-order valence-corrected chi connectivity index (χ2v) is 16.4. The van der Waals surface area contributed by atoms with Gasteiger partial charge in [0.1, 0.15) is 0 Å². The molecule has 0 aliphatic heterocycles. The fourth-order valence-electron chi connectivity index (χ4n) is 5.12. The van der Waals surface area contributed by atoms with Crippen LogP contribution in [-0.2, 0) is 41.0 Å². The van der Waals surface area contributed by atoms with Gasteiger partial charge >= 0.3 is 15.6 Å². The van der Waals surface area contributed by atoms with Gasteiger partial charge in [-0.25, -0.2) is 9.13 Å². The van der Waals surface area contributed by atoms with E-state index < -0.39 is 15.6 Å². The molecule has 0 aliphatic carbocycles. The predicted molar refractivity (Wildman–Crippen MR) is 195 cm³/mol. The van der Waals surface area contributed by atoms with E-state index in [4.69, 9.17) is 31.9 Å². The van der Waals surface area contributed by atoms with Crippen LogP contribution < -0.4 is 0 Å². The smallest absolute Gasteiger partial charge is 0.377 e. The molecule has 0 aromatic heterocycles. The molecule has 0 fully saturated rings. The van der Waals surface area contributed by atoms with Crippen LogP contribution in [0.2, 0.25) is 0 Å². The van der Waals surface area contributed by atoms with Crippen LogP contribution in [0.5, 0.6) is 0 Å². The average molecular weight is 715 g/mol. The Kier molecular flexibility index (Phi) is 31.1. The lowest BCUT2D eigenvalue weighted by atomic mass is 10.0. The van der Waals surface area contributed by atoms with E-state index in [-0.39, 0.29) is 26.4 Å². The van der Waals surface area contributed by atoms with Gasteiger partial charge in [0.2, 0.25) is 0 Å². The quantitative estimate of drug-likeness (QED) is 0.0464. The number of ether oxygens (including phenoxy) is 1. The first-order valence-corrected chi connectivity index (χ1v) is 22.2. The third kappa shape index (κ3) is 24.9. The van der Waals surface area contributed by atoms with Crippen molar-refractivity contribution in [2.24, 2.45) is 23.7 Å². The molecule has 0 heterocycles. The fourth-order valence-corrected chi connectivity index (χ4v) is 7.74. The molecule has 4 atom stereocenters. The van der Waals surface area contributed by atoms with E-state index in [1.807, 2.05) is 0 Å². The van der Waals surface area contributed by atoms with Gasteiger partial charge in [0.25, 0.3) is 0 Å². The van der Waals surface area contributed by atoms with Gasteiger partial charge in [-0.2, -0.15) is 0 Å². The second-order valence-electron chi connectivity index (χ2n) is 13.0. The molecule has 0 radical (unpaired) electrons. The lowest BCUT2D eigenvalue weighted by molar-refractivity contribution is 0.0319. The largest absolute Gasteiger partial charge is 0.474 e. The molecule has 284 valence electrons. The van der Waals surface area contributed by atoms with Crippen molar-refractivity contribution in [3.63, 3.8) is 0 Å². The van der Waals surface area contributed by atoms with Gasteiger partial charge in [0.05, 0.1) is 52.9 Å². The van der Waals surface area contributed by atoms with Crippen LogP contribution in [0.4, 0.5) is 0 Å². The molecular formula is C36H76O9P2. The highest BCUT2D eigenvalue weighted by molar-refractivity contribution is 7.48. The number of rotatable bonds is 36. The van der Waals surface area contributed by atoms with Crippen molar-refractivity contribution in [2.45, 2.75) is 158 Å². The minimum atomic E-state index is -3.76. The predicted octanol–water partition coefficient (Wildman–Crippen LogP) is 12.2. The van der Waals surface area contributed by atoms with Crippen molar-refractivity contribution in [2.75, 3.05) is 52.9 Å². The maximum Gasteiger partial charge on any atom is 0.474 e. The Morgan fingerprint density at radius 1 is 0.383 bits per heavy atom. The summed E-state index contributed by atoms with van der Waals surface area (Å²) >= 11 is 0. The van der Waals surface area contributed by atoms with Gasteiger partial charge in [-0.3, -0.25) is 27.1 Å². The highest BCUT2D eigenvalue weighted by atomic mass is 31.2. The first-order valence-electron chi connectivity index (χ1n) is 19.3. The summed E-state index contributed by atoms with van der Waals surface area (Å²) in [5.74, 6) is 1.24. The number of phosphoric ester groups is 2. The SMILES string of the molecule is CCCCC(CC)COP(=O)(OCCOCCOP(=O)(OCC(CC)CCCC)OCC(CC)CCCC)OCC(CC)CCCC. The Labute approximate surface area is 290 Å². The van der Waals surface area contributed by atoms with E-state index in [0.717, 1.165) is 103 Å². The van der Waals surface area contributed by atoms with Crippen molar-refractivity contribution in [1.82, 2.24) is 0 Å². The van der Waals surface area contributed by atoms with Crippen LogP contribution >= 0.6 is 15.6 Å². The third-order valence-electron chi connectivity index (χ3n) is 9.00. The zero-order valence-electron chi connectivity index (χ0n) is 31.8. The molecule has 9 nitrogen and oxygen atoms in total. The molecule has 0 amide bonds. The van der Waals surface area contributed by atoms with E-state index >= 15 is 0 Å². The molecule has 0 spiro atoms. The van der Waals surface area contributed by atoms with Gasteiger partial charge in [0, 0.05) is 0 Å². The maximum absolute atomic E-state index is 13.6. The molecule has 0 rings (SSSR count). The third-order valence-corrected chi connectivity index (χ3v) is 11.9. The van der Waals surface area contributed by atoms with E-state index in [0.29, 0.717) is 50.1 Å². The van der Waals surface area contributed by atoms with Crippen LogP contribution in [0.25, 0.3) is 0 Å². The van der Waals surface area contributed by atoms with Gasteiger partial charge in [-0.15, -0.1) is 0 Å². The second kappa shape index (κ2) is 31.0.